The van der Waals surface area contributed by atoms with Crippen molar-refractivity contribution in [2.24, 2.45) is 0 Å². The van der Waals surface area contributed by atoms with Gasteiger partial charge in [0.05, 0.1) is 11.6 Å². The maximum Gasteiger partial charge on any atom is 0.133 e. The summed E-state index contributed by atoms with van der Waals surface area (Å²) in [5.41, 5.74) is 4.05. The van der Waals surface area contributed by atoms with Crippen LogP contribution < -0.4 is 10.1 Å². The number of fused-ring (bicyclic) bond motifs is 1. The molecule has 0 saturated heterocycles. The first-order chi connectivity index (χ1) is 9.76. The molecule has 104 valence electrons. The smallest absolute Gasteiger partial charge is 0.133 e. The van der Waals surface area contributed by atoms with E-state index in [1.807, 2.05) is 6.07 Å². The zero-order valence-corrected chi connectivity index (χ0v) is 13.1. The number of methoxy groups -OCH3 is 1. The van der Waals surface area contributed by atoms with Gasteiger partial charge < -0.3 is 10.1 Å². The summed E-state index contributed by atoms with van der Waals surface area (Å²) in [5, 5.41) is 3.65. The number of aryl methyl sites for hydroxylation is 1. The minimum atomic E-state index is 0.505. The standard InChI is InChI=1S/C17H18BrNO/c1-20-17-9-6-12(11-15(17)18)10-14-8-7-13-4-2-3-5-16(13)19-14/h2-6,9,11,14,19H,7-8,10H2,1H3. The van der Waals surface area contributed by atoms with Gasteiger partial charge >= 0.3 is 0 Å². The molecule has 0 radical (unpaired) electrons. The highest BCUT2D eigenvalue weighted by molar-refractivity contribution is 9.10. The Morgan fingerprint density at radius 3 is 2.90 bits per heavy atom. The van der Waals surface area contributed by atoms with Crippen molar-refractivity contribution in [3.8, 4) is 5.75 Å². The van der Waals surface area contributed by atoms with Crippen LogP contribution in [0.25, 0.3) is 0 Å². The van der Waals surface area contributed by atoms with Crippen LogP contribution >= 0.6 is 15.9 Å². The molecule has 0 aliphatic carbocycles. The van der Waals surface area contributed by atoms with Crippen LogP contribution in [0.5, 0.6) is 5.75 Å². The molecular weight excluding hydrogens is 314 g/mol. The number of para-hydroxylation sites is 1. The molecule has 3 rings (SSSR count). The SMILES string of the molecule is COc1ccc(CC2CCc3ccccc3N2)cc1Br. The highest BCUT2D eigenvalue weighted by Crippen LogP contribution is 2.29. The minimum Gasteiger partial charge on any atom is -0.496 e. The van der Waals surface area contributed by atoms with Gasteiger partial charge in [-0.2, -0.15) is 0 Å². The molecule has 1 heterocycles. The zero-order chi connectivity index (χ0) is 13.9. The Balaban J connectivity index is 1.72. The van der Waals surface area contributed by atoms with Gasteiger partial charge in [0.1, 0.15) is 5.75 Å². The van der Waals surface area contributed by atoms with Crippen LogP contribution in [0.2, 0.25) is 0 Å². The molecule has 0 amide bonds. The van der Waals surface area contributed by atoms with Crippen molar-refractivity contribution in [2.75, 3.05) is 12.4 Å². The molecular formula is C17H18BrNO. The van der Waals surface area contributed by atoms with Gasteiger partial charge in [-0.15, -0.1) is 0 Å². The lowest BCUT2D eigenvalue weighted by atomic mass is 9.94. The van der Waals surface area contributed by atoms with E-state index >= 15 is 0 Å². The molecule has 1 aliphatic heterocycles. The van der Waals surface area contributed by atoms with Crippen LogP contribution in [-0.2, 0) is 12.8 Å². The topological polar surface area (TPSA) is 21.3 Å². The van der Waals surface area contributed by atoms with Crippen molar-refractivity contribution in [1.82, 2.24) is 0 Å². The number of halogens is 1. The molecule has 1 atom stereocenters. The lowest BCUT2D eigenvalue weighted by Crippen LogP contribution is -2.27. The molecule has 0 aromatic heterocycles. The summed E-state index contributed by atoms with van der Waals surface area (Å²) in [5.74, 6) is 0.885. The van der Waals surface area contributed by atoms with Crippen molar-refractivity contribution in [2.45, 2.75) is 25.3 Å². The van der Waals surface area contributed by atoms with Gasteiger partial charge in [-0.1, -0.05) is 24.3 Å². The van der Waals surface area contributed by atoms with E-state index in [1.54, 1.807) is 7.11 Å². The summed E-state index contributed by atoms with van der Waals surface area (Å²) in [6, 6.07) is 15.4. The molecule has 0 saturated carbocycles. The molecule has 0 fully saturated rings. The molecule has 1 unspecified atom stereocenters. The largest absolute Gasteiger partial charge is 0.496 e. The van der Waals surface area contributed by atoms with Gasteiger partial charge in [0.2, 0.25) is 0 Å². The summed E-state index contributed by atoms with van der Waals surface area (Å²) in [6.07, 6.45) is 3.38. The molecule has 0 bridgehead atoms. The second-order valence-corrected chi connectivity index (χ2v) is 6.06. The number of anilines is 1. The fourth-order valence-electron chi connectivity index (χ4n) is 2.78. The van der Waals surface area contributed by atoms with E-state index in [0.29, 0.717) is 6.04 Å². The normalized spacial score (nSPS) is 17.2. The first-order valence-electron chi connectivity index (χ1n) is 6.93. The Morgan fingerprint density at radius 2 is 2.10 bits per heavy atom. The number of nitrogens with one attached hydrogen (secondary N) is 1. The Bertz CT molecular complexity index is 612. The van der Waals surface area contributed by atoms with Gasteiger partial charge in [-0.3, -0.25) is 0 Å². The Hall–Kier alpha value is -1.48. The third kappa shape index (κ3) is 2.83. The molecule has 1 aliphatic rings. The van der Waals surface area contributed by atoms with Crippen LogP contribution in [0.4, 0.5) is 5.69 Å². The van der Waals surface area contributed by atoms with E-state index in [4.69, 9.17) is 4.74 Å². The predicted molar refractivity (Wildman–Crippen MR) is 86.6 cm³/mol. The monoisotopic (exact) mass is 331 g/mol. The zero-order valence-electron chi connectivity index (χ0n) is 11.5. The van der Waals surface area contributed by atoms with Gasteiger partial charge in [0.15, 0.2) is 0 Å². The lowest BCUT2D eigenvalue weighted by Gasteiger charge is -2.27. The molecule has 3 heteroatoms. The maximum absolute atomic E-state index is 5.27. The maximum atomic E-state index is 5.27. The molecule has 2 aromatic carbocycles. The van der Waals surface area contributed by atoms with Crippen LogP contribution in [0.3, 0.4) is 0 Å². The van der Waals surface area contributed by atoms with Crippen molar-refractivity contribution in [1.29, 1.82) is 0 Å². The number of hydrogen-bond acceptors (Lipinski definition) is 2. The summed E-state index contributed by atoms with van der Waals surface area (Å²) < 4.78 is 6.30. The first-order valence-corrected chi connectivity index (χ1v) is 7.72. The molecule has 20 heavy (non-hydrogen) atoms. The van der Waals surface area contributed by atoms with Gasteiger partial charge in [0, 0.05) is 11.7 Å². The van der Waals surface area contributed by atoms with Crippen molar-refractivity contribution < 1.29 is 4.74 Å². The van der Waals surface area contributed by atoms with Crippen LogP contribution in [-0.4, -0.2) is 13.2 Å². The third-order valence-electron chi connectivity index (χ3n) is 3.84. The van der Waals surface area contributed by atoms with E-state index in [2.05, 4.69) is 57.6 Å². The van der Waals surface area contributed by atoms with E-state index in [0.717, 1.165) is 23.1 Å². The van der Waals surface area contributed by atoms with Gasteiger partial charge in [-0.25, -0.2) is 0 Å². The Morgan fingerprint density at radius 1 is 1.25 bits per heavy atom. The number of rotatable bonds is 3. The van der Waals surface area contributed by atoms with E-state index in [-0.39, 0.29) is 0 Å². The summed E-state index contributed by atoms with van der Waals surface area (Å²) in [6.45, 7) is 0. The Kier molecular flexibility index (Phi) is 3.97. The second-order valence-electron chi connectivity index (χ2n) is 5.21. The van der Waals surface area contributed by atoms with E-state index in [9.17, 15) is 0 Å². The van der Waals surface area contributed by atoms with Crippen LogP contribution in [0.1, 0.15) is 17.5 Å². The molecule has 0 spiro atoms. The van der Waals surface area contributed by atoms with Crippen molar-refractivity contribution in [3.05, 3.63) is 58.1 Å². The third-order valence-corrected chi connectivity index (χ3v) is 4.46. The van der Waals surface area contributed by atoms with Crippen molar-refractivity contribution in [3.63, 3.8) is 0 Å². The number of ether oxygens (including phenoxy) is 1. The number of hydrogen-bond donors (Lipinski definition) is 1. The fraction of sp³-hybridized carbons (Fsp3) is 0.294. The molecule has 2 aromatic rings. The highest BCUT2D eigenvalue weighted by atomic mass is 79.9. The quantitative estimate of drug-likeness (QED) is 0.898. The first kappa shape index (κ1) is 13.5. The highest BCUT2D eigenvalue weighted by Gasteiger charge is 2.17. The average molecular weight is 332 g/mol. The number of benzene rings is 2. The summed E-state index contributed by atoms with van der Waals surface area (Å²) >= 11 is 3.55. The van der Waals surface area contributed by atoms with E-state index in [1.165, 1.54) is 23.2 Å². The molecule has 1 N–H and O–H groups in total. The predicted octanol–water partition coefficient (Wildman–Crippen LogP) is 4.43. The van der Waals surface area contributed by atoms with Crippen molar-refractivity contribution >= 4 is 21.6 Å². The van der Waals surface area contributed by atoms with Crippen LogP contribution in [0.15, 0.2) is 46.9 Å². The van der Waals surface area contributed by atoms with E-state index < -0.39 is 0 Å². The second kappa shape index (κ2) is 5.88. The van der Waals surface area contributed by atoms with Gasteiger partial charge in [-0.05, 0) is 64.5 Å². The minimum absolute atomic E-state index is 0.505. The van der Waals surface area contributed by atoms with Gasteiger partial charge in [0.25, 0.3) is 0 Å². The lowest BCUT2D eigenvalue weighted by molar-refractivity contribution is 0.412. The Labute approximate surface area is 128 Å². The summed E-state index contributed by atoms with van der Waals surface area (Å²) in [7, 11) is 1.69. The fourth-order valence-corrected chi connectivity index (χ4v) is 3.36. The molecule has 2 nitrogen and oxygen atoms in total. The average Bonchev–Trinajstić information content (AvgIpc) is 2.47. The van der Waals surface area contributed by atoms with Crippen LogP contribution in [0, 0.1) is 0 Å². The summed E-state index contributed by atoms with van der Waals surface area (Å²) in [4.78, 5) is 0.